The lowest BCUT2D eigenvalue weighted by Gasteiger charge is -2.10. The Morgan fingerprint density at radius 1 is 1.21 bits per heavy atom. The van der Waals surface area contributed by atoms with Gasteiger partial charge in [-0.2, -0.15) is 5.26 Å². The summed E-state index contributed by atoms with van der Waals surface area (Å²) in [6, 6.07) is 15.8. The number of anilines is 1. The van der Waals surface area contributed by atoms with Gasteiger partial charge in [0.05, 0.1) is 11.3 Å². The first-order valence-corrected chi connectivity index (χ1v) is 6.56. The number of halogens is 1. The minimum absolute atomic E-state index is 0.581. The molecule has 0 unspecified atom stereocenters. The van der Waals surface area contributed by atoms with Crippen molar-refractivity contribution in [2.45, 2.75) is 13.3 Å². The Balaban J connectivity index is 2.01. The van der Waals surface area contributed by atoms with E-state index in [2.05, 4.69) is 30.4 Å². The molecule has 2 nitrogen and oxygen atoms in total. The number of aryl methyl sites for hydroxylation is 1. The van der Waals surface area contributed by atoms with Crippen molar-refractivity contribution in [1.29, 1.82) is 5.26 Å². The Morgan fingerprint density at radius 3 is 2.74 bits per heavy atom. The van der Waals surface area contributed by atoms with Crippen molar-refractivity contribution in [3.63, 3.8) is 0 Å². The van der Waals surface area contributed by atoms with E-state index in [1.165, 1.54) is 11.1 Å². The molecule has 0 radical (unpaired) electrons. The molecule has 0 aliphatic heterocycles. The molecular weight excluding hydrogens is 256 g/mol. The predicted molar refractivity (Wildman–Crippen MR) is 79.5 cm³/mol. The van der Waals surface area contributed by atoms with Crippen LogP contribution in [0.1, 0.15) is 16.7 Å². The standard InChI is InChI=1S/C16H15ClN2/c1-12-4-2-3-5-13(12)8-9-19-16-7-6-15(17)10-14(16)11-18/h2-7,10,19H,8-9H2,1H3. The van der Waals surface area contributed by atoms with Gasteiger partial charge in [0.2, 0.25) is 0 Å². The van der Waals surface area contributed by atoms with Crippen LogP contribution in [0.15, 0.2) is 42.5 Å². The van der Waals surface area contributed by atoms with Gasteiger partial charge in [-0.3, -0.25) is 0 Å². The van der Waals surface area contributed by atoms with Crippen LogP contribution in [0.3, 0.4) is 0 Å². The second kappa shape index (κ2) is 6.26. The molecule has 2 aromatic carbocycles. The fraction of sp³-hybridized carbons (Fsp3) is 0.188. The second-order valence-corrected chi connectivity index (χ2v) is 4.84. The lowest BCUT2D eigenvalue weighted by atomic mass is 10.1. The fourth-order valence-electron chi connectivity index (χ4n) is 1.99. The number of nitriles is 1. The molecule has 0 fully saturated rings. The zero-order chi connectivity index (χ0) is 13.7. The van der Waals surface area contributed by atoms with Crippen molar-refractivity contribution in [3.8, 4) is 6.07 Å². The SMILES string of the molecule is Cc1ccccc1CCNc1ccc(Cl)cc1C#N. The maximum Gasteiger partial charge on any atom is 0.101 e. The molecule has 0 aliphatic carbocycles. The third kappa shape index (κ3) is 3.49. The van der Waals surface area contributed by atoms with Crippen molar-refractivity contribution < 1.29 is 0 Å². The van der Waals surface area contributed by atoms with E-state index in [4.69, 9.17) is 16.9 Å². The molecule has 0 saturated heterocycles. The van der Waals surface area contributed by atoms with Crippen molar-refractivity contribution in [1.82, 2.24) is 0 Å². The number of hydrogen-bond acceptors (Lipinski definition) is 2. The summed E-state index contributed by atoms with van der Waals surface area (Å²) >= 11 is 5.87. The maximum absolute atomic E-state index is 9.05. The average Bonchev–Trinajstić information content (AvgIpc) is 2.42. The topological polar surface area (TPSA) is 35.8 Å². The Hall–Kier alpha value is -1.98. The Morgan fingerprint density at radius 2 is 2.00 bits per heavy atom. The van der Waals surface area contributed by atoms with Crippen LogP contribution in [0.4, 0.5) is 5.69 Å². The third-order valence-electron chi connectivity index (χ3n) is 3.07. The average molecular weight is 271 g/mol. The first-order valence-electron chi connectivity index (χ1n) is 6.19. The van der Waals surface area contributed by atoms with Crippen LogP contribution in [-0.4, -0.2) is 6.54 Å². The molecule has 0 aliphatic rings. The molecule has 96 valence electrons. The molecule has 0 saturated carbocycles. The largest absolute Gasteiger partial charge is 0.384 e. The minimum Gasteiger partial charge on any atom is -0.384 e. The van der Waals surface area contributed by atoms with E-state index < -0.39 is 0 Å². The van der Waals surface area contributed by atoms with Gasteiger partial charge >= 0.3 is 0 Å². The predicted octanol–water partition coefficient (Wildman–Crippen LogP) is 4.17. The highest BCUT2D eigenvalue weighted by molar-refractivity contribution is 6.30. The van der Waals surface area contributed by atoms with E-state index >= 15 is 0 Å². The summed E-state index contributed by atoms with van der Waals surface area (Å²) in [5.41, 5.74) is 4.03. The van der Waals surface area contributed by atoms with Gasteiger partial charge in [-0.25, -0.2) is 0 Å². The molecule has 1 N–H and O–H groups in total. The van der Waals surface area contributed by atoms with Crippen molar-refractivity contribution in [3.05, 3.63) is 64.2 Å². The van der Waals surface area contributed by atoms with Crippen LogP contribution >= 0.6 is 11.6 Å². The Bertz CT molecular complexity index is 614. The van der Waals surface area contributed by atoms with Crippen LogP contribution in [0.5, 0.6) is 0 Å². The normalized spacial score (nSPS) is 9.95. The molecule has 0 spiro atoms. The van der Waals surface area contributed by atoms with Gasteiger partial charge in [-0.1, -0.05) is 35.9 Å². The molecular formula is C16H15ClN2. The van der Waals surface area contributed by atoms with E-state index in [0.717, 1.165) is 18.7 Å². The highest BCUT2D eigenvalue weighted by atomic mass is 35.5. The summed E-state index contributed by atoms with van der Waals surface area (Å²) in [6.45, 7) is 2.90. The molecule has 2 aromatic rings. The van der Waals surface area contributed by atoms with E-state index in [0.29, 0.717) is 10.6 Å². The van der Waals surface area contributed by atoms with Crippen molar-refractivity contribution in [2.75, 3.05) is 11.9 Å². The van der Waals surface area contributed by atoms with Crippen LogP contribution in [0.2, 0.25) is 5.02 Å². The molecule has 0 aromatic heterocycles. The van der Waals surface area contributed by atoms with E-state index in [1.807, 2.05) is 18.2 Å². The highest BCUT2D eigenvalue weighted by Gasteiger charge is 2.03. The summed E-state index contributed by atoms with van der Waals surface area (Å²) in [6.07, 6.45) is 0.931. The van der Waals surface area contributed by atoms with Crippen LogP contribution in [0, 0.1) is 18.3 Å². The van der Waals surface area contributed by atoms with Crippen LogP contribution in [-0.2, 0) is 6.42 Å². The van der Waals surface area contributed by atoms with E-state index in [-0.39, 0.29) is 0 Å². The van der Waals surface area contributed by atoms with Gasteiger partial charge < -0.3 is 5.32 Å². The first kappa shape index (κ1) is 13.5. The van der Waals surface area contributed by atoms with Crippen molar-refractivity contribution >= 4 is 17.3 Å². The smallest absolute Gasteiger partial charge is 0.101 e. The second-order valence-electron chi connectivity index (χ2n) is 4.40. The van der Waals surface area contributed by atoms with Gasteiger partial charge in [0.1, 0.15) is 6.07 Å². The number of nitrogens with one attached hydrogen (secondary N) is 1. The molecule has 0 heterocycles. The summed E-state index contributed by atoms with van der Waals surface area (Å²) in [5.74, 6) is 0. The summed E-state index contributed by atoms with van der Waals surface area (Å²) < 4.78 is 0. The lowest BCUT2D eigenvalue weighted by molar-refractivity contribution is 1.00. The summed E-state index contributed by atoms with van der Waals surface area (Å²) in [5, 5.41) is 12.9. The van der Waals surface area contributed by atoms with E-state index in [1.54, 1.807) is 12.1 Å². The highest BCUT2D eigenvalue weighted by Crippen LogP contribution is 2.20. The quantitative estimate of drug-likeness (QED) is 0.905. The van der Waals surface area contributed by atoms with E-state index in [9.17, 15) is 0 Å². The third-order valence-corrected chi connectivity index (χ3v) is 3.31. The summed E-state index contributed by atoms with van der Waals surface area (Å²) in [4.78, 5) is 0. The Kier molecular flexibility index (Phi) is 4.43. The van der Waals surface area contributed by atoms with Crippen LogP contribution < -0.4 is 5.32 Å². The number of nitrogens with zero attached hydrogens (tertiary/aromatic N) is 1. The van der Waals surface area contributed by atoms with Crippen molar-refractivity contribution in [2.24, 2.45) is 0 Å². The number of benzene rings is 2. The zero-order valence-corrected chi connectivity index (χ0v) is 11.5. The molecule has 19 heavy (non-hydrogen) atoms. The maximum atomic E-state index is 9.05. The summed E-state index contributed by atoms with van der Waals surface area (Å²) in [7, 11) is 0. The lowest BCUT2D eigenvalue weighted by Crippen LogP contribution is -2.07. The molecule has 0 amide bonds. The van der Waals surface area contributed by atoms with Crippen LogP contribution in [0.25, 0.3) is 0 Å². The van der Waals surface area contributed by atoms with Gasteiger partial charge in [0.15, 0.2) is 0 Å². The zero-order valence-electron chi connectivity index (χ0n) is 10.8. The number of hydrogen-bond donors (Lipinski definition) is 1. The molecule has 0 bridgehead atoms. The number of rotatable bonds is 4. The van der Waals surface area contributed by atoms with Gasteiger partial charge in [0.25, 0.3) is 0 Å². The van der Waals surface area contributed by atoms with Gasteiger partial charge in [-0.15, -0.1) is 0 Å². The monoisotopic (exact) mass is 270 g/mol. The minimum atomic E-state index is 0.581. The first-order chi connectivity index (χ1) is 9.20. The van der Waals surface area contributed by atoms with Gasteiger partial charge in [-0.05, 0) is 42.7 Å². The fourth-order valence-corrected chi connectivity index (χ4v) is 2.16. The molecule has 2 rings (SSSR count). The molecule has 3 heteroatoms. The van der Waals surface area contributed by atoms with Gasteiger partial charge in [0, 0.05) is 11.6 Å². The molecule has 0 atom stereocenters. The Labute approximate surface area is 118 Å².